The number of hydrogen-bond acceptors (Lipinski definition) is 4. The molecule has 0 spiro atoms. The van der Waals surface area contributed by atoms with Crippen molar-refractivity contribution in [3.8, 4) is 0 Å². The Morgan fingerprint density at radius 2 is 1.74 bits per heavy atom. The molecule has 0 radical (unpaired) electrons. The van der Waals surface area contributed by atoms with E-state index in [2.05, 4.69) is 19.2 Å². The van der Waals surface area contributed by atoms with Gasteiger partial charge in [0.15, 0.2) is 0 Å². The van der Waals surface area contributed by atoms with Gasteiger partial charge in [-0.05, 0) is 46.6 Å². The molecule has 4 nitrogen and oxygen atoms in total. The molecule has 0 aromatic rings. The SMILES string of the molecule is CCNC(CC)(CO)CCCOCCOC(C)(C)C. The van der Waals surface area contributed by atoms with Crippen molar-refractivity contribution in [1.82, 2.24) is 5.32 Å². The van der Waals surface area contributed by atoms with Gasteiger partial charge in [-0.1, -0.05) is 13.8 Å². The van der Waals surface area contributed by atoms with Gasteiger partial charge in [0.05, 0.1) is 25.4 Å². The molecule has 0 aromatic carbocycles. The number of aliphatic hydroxyl groups is 1. The third-order valence-electron chi connectivity index (χ3n) is 3.24. The highest BCUT2D eigenvalue weighted by Crippen LogP contribution is 2.16. The maximum atomic E-state index is 9.51. The first-order valence-corrected chi connectivity index (χ1v) is 7.46. The molecule has 0 bridgehead atoms. The van der Waals surface area contributed by atoms with Crippen LogP contribution in [0.15, 0.2) is 0 Å². The minimum atomic E-state index is -0.139. The summed E-state index contributed by atoms with van der Waals surface area (Å²) in [4.78, 5) is 0. The molecule has 0 aliphatic rings. The van der Waals surface area contributed by atoms with E-state index in [1.54, 1.807) is 0 Å². The van der Waals surface area contributed by atoms with E-state index in [4.69, 9.17) is 9.47 Å². The highest BCUT2D eigenvalue weighted by Gasteiger charge is 2.25. The zero-order valence-electron chi connectivity index (χ0n) is 13.4. The van der Waals surface area contributed by atoms with E-state index in [1.807, 2.05) is 20.8 Å². The molecular formula is C15H33NO3. The Bertz CT molecular complexity index is 210. The van der Waals surface area contributed by atoms with Gasteiger partial charge in [0.2, 0.25) is 0 Å². The Morgan fingerprint density at radius 1 is 1.05 bits per heavy atom. The van der Waals surface area contributed by atoms with E-state index >= 15 is 0 Å². The molecule has 19 heavy (non-hydrogen) atoms. The van der Waals surface area contributed by atoms with E-state index in [1.165, 1.54) is 0 Å². The van der Waals surface area contributed by atoms with Crippen LogP contribution >= 0.6 is 0 Å². The van der Waals surface area contributed by atoms with Crippen molar-refractivity contribution in [1.29, 1.82) is 0 Å². The first-order valence-electron chi connectivity index (χ1n) is 7.46. The highest BCUT2D eigenvalue weighted by atomic mass is 16.5. The maximum Gasteiger partial charge on any atom is 0.0707 e. The molecule has 2 N–H and O–H groups in total. The van der Waals surface area contributed by atoms with Crippen LogP contribution in [0.5, 0.6) is 0 Å². The Labute approximate surface area is 118 Å². The summed E-state index contributed by atoms with van der Waals surface area (Å²) in [6.45, 7) is 13.4. The van der Waals surface area contributed by atoms with Crippen molar-refractivity contribution in [3.63, 3.8) is 0 Å². The zero-order valence-corrected chi connectivity index (χ0v) is 13.4. The Morgan fingerprint density at radius 3 is 2.21 bits per heavy atom. The van der Waals surface area contributed by atoms with Gasteiger partial charge in [-0.25, -0.2) is 0 Å². The summed E-state index contributed by atoms with van der Waals surface area (Å²) in [5.74, 6) is 0. The number of nitrogens with one attached hydrogen (secondary N) is 1. The van der Waals surface area contributed by atoms with E-state index in [0.717, 1.165) is 32.4 Å². The number of hydrogen-bond donors (Lipinski definition) is 2. The van der Waals surface area contributed by atoms with Gasteiger partial charge in [0.1, 0.15) is 0 Å². The lowest BCUT2D eigenvalue weighted by Gasteiger charge is -2.31. The Hall–Kier alpha value is -0.160. The Balaban J connectivity index is 3.66. The van der Waals surface area contributed by atoms with Gasteiger partial charge in [-0.2, -0.15) is 0 Å². The lowest BCUT2D eigenvalue weighted by atomic mass is 9.91. The van der Waals surface area contributed by atoms with Crippen molar-refractivity contribution >= 4 is 0 Å². The molecule has 0 aliphatic carbocycles. The van der Waals surface area contributed by atoms with Gasteiger partial charge >= 0.3 is 0 Å². The summed E-state index contributed by atoms with van der Waals surface area (Å²) in [5.41, 5.74) is -0.233. The van der Waals surface area contributed by atoms with Crippen molar-refractivity contribution in [3.05, 3.63) is 0 Å². The van der Waals surface area contributed by atoms with E-state index in [0.29, 0.717) is 13.2 Å². The number of rotatable bonds is 11. The largest absolute Gasteiger partial charge is 0.394 e. The molecule has 116 valence electrons. The average Bonchev–Trinajstić information content (AvgIpc) is 2.35. The van der Waals surface area contributed by atoms with E-state index in [9.17, 15) is 5.11 Å². The van der Waals surface area contributed by atoms with Crippen molar-refractivity contribution in [2.45, 2.75) is 65.0 Å². The molecule has 0 fully saturated rings. The molecular weight excluding hydrogens is 242 g/mol. The summed E-state index contributed by atoms with van der Waals surface area (Å²) in [6, 6.07) is 0. The molecule has 1 atom stereocenters. The summed E-state index contributed by atoms with van der Waals surface area (Å²) in [7, 11) is 0. The first kappa shape index (κ1) is 18.8. The van der Waals surface area contributed by atoms with Crippen LogP contribution in [0.1, 0.15) is 53.9 Å². The molecule has 0 aromatic heterocycles. The molecule has 0 saturated carbocycles. The molecule has 0 amide bonds. The predicted molar refractivity (Wildman–Crippen MR) is 79.5 cm³/mol. The van der Waals surface area contributed by atoms with Crippen LogP contribution in [0.4, 0.5) is 0 Å². The second kappa shape index (κ2) is 9.70. The van der Waals surface area contributed by atoms with Gasteiger partial charge in [-0.3, -0.25) is 0 Å². The third kappa shape index (κ3) is 9.38. The number of ether oxygens (including phenoxy) is 2. The van der Waals surface area contributed by atoms with Crippen LogP contribution in [0.2, 0.25) is 0 Å². The molecule has 1 unspecified atom stereocenters. The van der Waals surface area contributed by atoms with Gasteiger partial charge in [0, 0.05) is 12.1 Å². The second-order valence-corrected chi connectivity index (χ2v) is 6.00. The van der Waals surface area contributed by atoms with Gasteiger partial charge < -0.3 is 19.9 Å². The molecule has 0 rings (SSSR count). The number of aliphatic hydroxyl groups excluding tert-OH is 1. The summed E-state index contributed by atoms with van der Waals surface area (Å²) >= 11 is 0. The fourth-order valence-corrected chi connectivity index (χ4v) is 2.03. The zero-order chi connectivity index (χ0) is 14.8. The summed E-state index contributed by atoms with van der Waals surface area (Å²) in [6.07, 6.45) is 2.83. The summed E-state index contributed by atoms with van der Waals surface area (Å²) < 4.78 is 11.1. The Kier molecular flexibility index (Phi) is 9.62. The van der Waals surface area contributed by atoms with Crippen LogP contribution in [-0.2, 0) is 9.47 Å². The minimum absolute atomic E-state index is 0.0946. The second-order valence-electron chi connectivity index (χ2n) is 6.00. The van der Waals surface area contributed by atoms with Crippen molar-refractivity contribution in [2.75, 3.05) is 33.0 Å². The molecule has 0 aliphatic heterocycles. The standard InChI is InChI=1S/C15H33NO3/c1-6-15(13-17,16-7-2)9-8-10-18-11-12-19-14(3,4)5/h16-17H,6-13H2,1-5H3. The normalized spacial score (nSPS) is 15.5. The van der Waals surface area contributed by atoms with Crippen LogP contribution in [0.25, 0.3) is 0 Å². The quantitative estimate of drug-likeness (QED) is 0.568. The van der Waals surface area contributed by atoms with Gasteiger partial charge in [-0.15, -0.1) is 0 Å². The third-order valence-corrected chi connectivity index (χ3v) is 3.24. The topological polar surface area (TPSA) is 50.7 Å². The molecule has 0 heterocycles. The smallest absolute Gasteiger partial charge is 0.0707 e. The molecule has 4 heteroatoms. The van der Waals surface area contributed by atoms with Crippen molar-refractivity contribution < 1.29 is 14.6 Å². The minimum Gasteiger partial charge on any atom is -0.394 e. The van der Waals surface area contributed by atoms with E-state index < -0.39 is 0 Å². The van der Waals surface area contributed by atoms with Gasteiger partial charge in [0.25, 0.3) is 0 Å². The van der Waals surface area contributed by atoms with Crippen LogP contribution in [0.3, 0.4) is 0 Å². The lowest BCUT2D eigenvalue weighted by Crippen LogP contribution is -2.48. The summed E-state index contributed by atoms with van der Waals surface area (Å²) in [5, 5.41) is 12.9. The fourth-order valence-electron chi connectivity index (χ4n) is 2.03. The lowest BCUT2D eigenvalue weighted by molar-refractivity contribution is -0.0358. The fraction of sp³-hybridized carbons (Fsp3) is 1.00. The average molecular weight is 275 g/mol. The monoisotopic (exact) mass is 275 g/mol. The predicted octanol–water partition coefficient (Wildman–Crippen LogP) is 2.35. The van der Waals surface area contributed by atoms with Crippen LogP contribution in [0, 0.1) is 0 Å². The van der Waals surface area contributed by atoms with E-state index in [-0.39, 0.29) is 17.7 Å². The van der Waals surface area contributed by atoms with Crippen LogP contribution in [-0.4, -0.2) is 49.2 Å². The number of likely N-dealkylation sites (N-methyl/N-ethyl adjacent to an activating group) is 1. The maximum absolute atomic E-state index is 9.51. The van der Waals surface area contributed by atoms with Crippen molar-refractivity contribution in [2.24, 2.45) is 0 Å². The first-order chi connectivity index (χ1) is 8.89. The molecule has 0 saturated heterocycles. The van der Waals surface area contributed by atoms with Crippen LogP contribution < -0.4 is 5.32 Å². The highest BCUT2D eigenvalue weighted by molar-refractivity contribution is 4.85.